The quantitative estimate of drug-likeness (QED) is 0.743. The molecule has 2 rings (SSSR count). The third-order valence-corrected chi connectivity index (χ3v) is 4.05. The van der Waals surface area contributed by atoms with Gasteiger partial charge in [0.1, 0.15) is 0 Å². The van der Waals surface area contributed by atoms with Crippen LogP contribution in [0, 0.1) is 5.92 Å². The predicted molar refractivity (Wildman–Crippen MR) is 85.1 cm³/mol. The Morgan fingerprint density at radius 3 is 2.81 bits per heavy atom. The van der Waals surface area contributed by atoms with Gasteiger partial charge in [-0.2, -0.15) is 0 Å². The lowest BCUT2D eigenvalue weighted by Crippen LogP contribution is -2.36. The molecule has 1 N–H and O–H groups in total. The van der Waals surface area contributed by atoms with Crippen LogP contribution in [0.25, 0.3) is 0 Å². The van der Waals surface area contributed by atoms with E-state index >= 15 is 0 Å². The summed E-state index contributed by atoms with van der Waals surface area (Å²) in [4.78, 5) is 4.78. The van der Waals surface area contributed by atoms with Crippen molar-refractivity contribution in [1.29, 1.82) is 0 Å². The maximum absolute atomic E-state index is 5.45. The van der Waals surface area contributed by atoms with Gasteiger partial charge in [-0.1, -0.05) is 12.1 Å². The van der Waals surface area contributed by atoms with E-state index in [-0.39, 0.29) is 0 Å². The third kappa shape index (κ3) is 5.77. The van der Waals surface area contributed by atoms with Crippen LogP contribution in [0.1, 0.15) is 37.6 Å². The van der Waals surface area contributed by atoms with Gasteiger partial charge in [0.2, 0.25) is 0 Å². The van der Waals surface area contributed by atoms with E-state index in [0.717, 1.165) is 43.4 Å². The van der Waals surface area contributed by atoms with Crippen LogP contribution >= 0.6 is 0 Å². The molecule has 1 saturated heterocycles. The molecular formula is C16H30N4O. The van der Waals surface area contributed by atoms with Crippen molar-refractivity contribution < 1.29 is 4.52 Å². The molecule has 0 aromatic carbocycles. The van der Waals surface area contributed by atoms with Gasteiger partial charge in [0.05, 0.1) is 12.2 Å². The fourth-order valence-corrected chi connectivity index (χ4v) is 2.97. The molecular weight excluding hydrogens is 264 g/mol. The summed E-state index contributed by atoms with van der Waals surface area (Å²) in [5, 5.41) is 7.49. The van der Waals surface area contributed by atoms with Crippen LogP contribution in [-0.4, -0.2) is 55.2 Å². The smallest absolute Gasteiger partial charge is 0.151 e. The Hall–Kier alpha value is -0.910. The van der Waals surface area contributed by atoms with Crippen molar-refractivity contribution in [3.8, 4) is 0 Å². The molecule has 0 atom stereocenters. The highest BCUT2D eigenvalue weighted by Gasteiger charge is 2.20. The largest absolute Gasteiger partial charge is 0.360 e. The molecule has 0 bridgehead atoms. The van der Waals surface area contributed by atoms with Crippen LogP contribution in [0.2, 0.25) is 0 Å². The van der Waals surface area contributed by atoms with Gasteiger partial charge < -0.3 is 14.7 Å². The molecule has 5 heteroatoms. The van der Waals surface area contributed by atoms with E-state index in [2.05, 4.69) is 47.4 Å². The van der Waals surface area contributed by atoms with Crippen LogP contribution in [0.4, 0.5) is 0 Å². The van der Waals surface area contributed by atoms with Gasteiger partial charge >= 0.3 is 0 Å². The average molecular weight is 294 g/mol. The monoisotopic (exact) mass is 294 g/mol. The zero-order chi connectivity index (χ0) is 15.1. The summed E-state index contributed by atoms with van der Waals surface area (Å²) in [6.45, 7) is 8.45. The van der Waals surface area contributed by atoms with Gasteiger partial charge in [0.15, 0.2) is 5.76 Å². The molecule has 120 valence electrons. The van der Waals surface area contributed by atoms with Crippen molar-refractivity contribution in [1.82, 2.24) is 20.3 Å². The lowest BCUT2D eigenvalue weighted by molar-refractivity contribution is 0.145. The van der Waals surface area contributed by atoms with Crippen molar-refractivity contribution in [2.45, 2.75) is 39.3 Å². The van der Waals surface area contributed by atoms with E-state index in [1.807, 2.05) is 0 Å². The van der Waals surface area contributed by atoms with E-state index in [0.29, 0.717) is 0 Å². The van der Waals surface area contributed by atoms with E-state index in [1.165, 1.54) is 32.5 Å². The summed E-state index contributed by atoms with van der Waals surface area (Å²) in [7, 11) is 4.32. The van der Waals surface area contributed by atoms with E-state index in [9.17, 15) is 0 Å². The maximum Gasteiger partial charge on any atom is 0.151 e. The molecule has 1 aliphatic heterocycles. The number of hydrogen-bond acceptors (Lipinski definition) is 5. The Morgan fingerprint density at radius 1 is 1.38 bits per heavy atom. The lowest BCUT2D eigenvalue weighted by Gasteiger charge is -2.32. The standard InChI is InChI=1S/C16H30N4O/c1-4-7-17-11-15-10-16(21-18-15)13-20-8-5-14(6-9-20)12-19(2)3/h10,14,17H,4-9,11-13H2,1-3H3. The van der Waals surface area contributed by atoms with E-state index in [4.69, 9.17) is 4.52 Å². The highest BCUT2D eigenvalue weighted by molar-refractivity contribution is 5.05. The number of likely N-dealkylation sites (tertiary alicyclic amines) is 1. The molecule has 2 heterocycles. The van der Waals surface area contributed by atoms with Crippen molar-refractivity contribution in [3.63, 3.8) is 0 Å². The second-order valence-electron chi connectivity index (χ2n) is 6.44. The highest BCUT2D eigenvalue weighted by Crippen LogP contribution is 2.19. The molecule has 1 aromatic heterocycles. The van der Waals surface area contributed by atoms with Crippen LogP contribution in [-0.2, 0) is 13.1 Å². The minimum absolute atomic E-state index is 0.808. The molecule has 21 heavy (non-hydrogen) atoms. The predicted octanol–water partition coefficient (Wildman–Crippen LogP) is 1.95. The van der Waals surface area contributed by atoms with Gasteiger partial charge in [-0.05, 0) is 58.9 Å². The second-order valence-corrected chi connectivity index (χ2v) is 6.44. The lowest BCUT2D eigenvalue weighted by atomic mass is 9.96. The first-order valence-corrected chi connectivity index (χ1v) is 8.19. The summed E-state index contributed by atoms with van der Waals surface area (Å²) in [6.07, 6.45) is 3.72. The summed E-state index contributed by atoms with van der Waals surface area (Å²) in [6, 6.07) is 2.09. The number of aromatic nitrogens is 1. The van der Waals surface area contributed by atoms with E-state index in [1.54, 1.807) is 0 Å². The third-order valence-electron chi connectivity index (χ3n) is 4.05. The number of hydrogen-bond donors (Lipinski definition) is 1. The first-order valence-electron chi connectivity index (χ1n) is 8.19. The molecule has 0 radical (unpaired) electrons. The molecule has 0 spiro atoms. The van der Waals surface area contributed by atoms with E-state index < -0.39 is 0 Å². The highest BCUT2D eigenvalue weighted by atomic mass is 16.5. The Kier molecular flexibility index (Phi) is 6.67. The molecule has 1 aromatic rings. The van der Waals surface area contributed by atoms with Crippen LogP contribution in [0.5, 0.6) is 0 Å². The maximum atomic E-state index is 5.45. The van der Waals surface area contributed by atoms with Crippen LogP contribution < -0.4 is 5.32 Å². The SMILES string of the molecule is CCCNCc1cc(CN2CCC(CN(C)C)CC2)on1. The van der Waals surface area contributed by atoms with Gasteiger partial charge in [-0.25, -0.2) is 0 Å². The molecule has 0 saturated carbocycles. The Morgan fingerprint density at radius 2 is 2.14 bits per heavy atom. The molecule has 1 fully saturated rings. The first kappa shape index (κ1) is 16.5. The normalized spacial score (nSPS) is 17.7. The summed E-state index contributed by atoms with van der Waals surface area (Å²) in [5.41, 5.74) is 1.01. The van der Waals surface area contributed by atoms with Crippen molar-refractivity contribution in [2.75, 3.05) is 40.3 Å². The number of rotatable bonds is 8. The minimum Gasteiger partial charge on any atom is -0.360 e. The van der Waals surface area contributed by atoms with Crippen molar-refractivity contribution >= 4 is 0 Å². The fourth-order valence-electron chi connectivity index (χ4n) is 2.97. The van der Waals surface area contributed by atoms with Gasteiger partial charge in [-0.3, -0.25) is 4.90 Å². The number of nitrogens with one attached hydrogen (secondary N) is 1. The molecule has 0 amide bonds. The molecule has 5 nitrogen and oxygen atoms in total. The zero-order valence-electron chi connectivity index (χ0n) is 13.8. The molecule has 0 unspecified atom stereocenters. The van der Waals surface area contributed by atoms with Crippen LogP contribution in [0.15, 0.2) is 10.6 Å². The first-order chi connectivity index (χ1) is 10.2. The summed E-state index contributed by atoms with van der Waals surface area (Å²) < 4.78 is 5.45. The number of piperidine rings is 1. The van der Waals surface area contributed by atoms with Crippen LogP contribution in [0.3, 0.4) is 0 Å². The fraction of sp³-hybridized carbons (Fsp3) is 0.812. The van der Waals surface area contributed by atoms with Crippen molar-refractivity contribution in [3.05, 3.63) is 17.5 Å². The Labute approximate surface area is 128 Å². The summed E-state index contributed by atoms with van der Waals surface area (Å²) in [5.74, 6) is 1.84. The second kappa shape index (κ2) is 8.51. The Bertz CT molecular complexity index is 397. The van der Waals surface area contributed by atoms with Crippen molar-refractivity contribution in [2.24, 2.45) is 5.92 Å². The number of nitrogens with zero attached hydrogens (tertiary/aromatic N) is 3. The molecule has 0 aliphatic carbocycles. The van der Waals surface area contributed by atoms with Gasteiger partial charge in [-0.15, -0.1) is 0 Å². The molecule has 1 aliphatic rings. The zero-order valence-corrected chi connectivity index (χ0v) is 13.8. The Balaban J connectivity index is 1.71. The average Bonchev–Trinajstić information content (AvgIpc) is 2.88. The minimum atomic E-state index is 0.808. The summed E-state index contributed by atoms with van der Waals surface area (Å²) >= 11 is 0. The van der Waals surface area contributed by atoms with Gasteiger partial charge in [0.25, 0.3) is 0 Å². The van der Waals surface area contributed by atoms with Gasteiger partial charge in [0, 0.05) is 19.2 Å². The topological polar surface area (TPSA) is 44.5 Å².